The maximum absolute atomic E-state index is 11.4. The van der Waals surface area contributed by atoms with Gasteiger partial charge in [0.05, 0.1) is 6.10 Å². The van der Waals surface area contributed by atoms with E-state index in [-0.39, 0.29) is 18.1 Å². The van der Waals surface area contributed by atoms with E-state index in [2.05, 4.69) is 31.4 Å². The third-order valence-electron chi connectivity index (χ3n) is 3.81. The smallest absolute Gasteiger partial charge is 0.314 e. The molecule has 0 spiro atoms. The highest BCUT2D eigenvalue weighted by Gasteiger charge is 2.25. The highest BCUT2D eigenvalue weighted by atomic mass is 16.3. The minimum absolute atomic E-state index is 0.143. The van der Waals surface area contributed by atoms with Crippen LogP contribution in [0.1, 0.15) is 59.8 Å². The van der Waals surface area contributed by atoms with Crippen molar-refractivity contribution in [1.29, 1.82) is 0 Å². The monoisotopic (exact) mass is 272 g/mol. The van der Waals surface area contributed by atoms with Crippen LogP contribution < -0.4 is 10.6 Å². The van der Waals surface area contributed by atoms with Crippen molar-refractivity contribution < 1.29 is 9.90 Å². The van der Waals surface area contributed by atoms with Gasteiger partial charge in [-0.05, 0) is 25.7 Å². The SMILES string of the molecule is CCCCC(CC)C(O)C(CC)CNC(=O)NCC. The molecule has 3 N–H and O–H groups in total. The zero-order valence-electron chi connectivity index (χ0n) is 13.0. The molecule has 0 fully saturated rings. The molecule has 3 atom stereocenters. The van der Waals surface area contributed by atoms with E-state index >= 15 is 0 Å². The Hall–Kier alpha value is -0.770. The average Bonchev–Trinajstić information content (AvgIpc) is 2.40. The quantitative estimate of drug-likeness (QED) is 0.572. The Morgan fingerprint density at radius 3 is 2.16 bits per heavy atom. The fraction of sp³-hybridized carbons (Fsp3) is 0.933. The number of hydrogen-bond acceptors (Lipinski definition) is 2. The van der Waals surface area contributed by atoms with Gasteiger partial charge in [0, 0.05) is 19.0 Å². The molecule has 0 heterocycles. The summed E-state index contributed by atoms with van der Waals surface area (Å²) in [4.78, 5) is 11.4. The first-order chi connectivity index (χ1) is 9.10. The first-order valence-corrected chi connectivity index (χ1v) is 7.80. The summed E-state index contributed by atoms with van der Waals surface area (Å²) in [7, 11) is 0. The number of carbonyl (C=O) groups is 1. The summed E-state index contributed by atoms with van der Waals surface area (Å²) in [6.45, 7) is 9.44. The lowest BCUT2D eigenvalue weighted by atomic mass is 9.84. The second-order valence-electron chi connectivity index (χ2n) is 5.21. The molecule has 4 heteroatoms. The highest BCUT2D eigenvalue weighted by molar-refractivity contribution is 5.73. The largest absolute Gasteiger partial charge is 0.392 e. The second-order valence-corrected chi connectivity index (χ2v) is 5.21. The first-order valence-electron chi connectivity index (χ1n) is 7.80. The van der Waals surface area contributed by atoms with Crippen LogP contribution in [0.5, 0.6) is 0 Å². The molecule has 0 aliphatic carbocycles. The Morgan fingerprint density at radius 1 is 1.05 bits per heavy atom. The molecule has 19 heavy (non-hydrogen) atoms. The van der Waals surface area contributed by atoms with Crippen LogP contribution in [0, 0.1) is 11.8 Å². The number of aliphatic hydroxyl groups excluding tert-OH is 1. The van der Waals surface area contributed by atoms with Crippen LogP contribution in [0.25, 0.3) is 0 Å². The molecule has 0 saturated heterocycles. The van der Waals surface area contributed by atoms with Gasteiger partial charge in [0.1, 0.15) is 0 Å². The van der Waals surface area contributed by atoms with Gasteiger partial charge in [0.15, 0.2) is 0 Å². The van der Waals surface area contributed by atoms with Gasteiger partial charge in [0.2, 0.25) is 0 Å². The lowest BCUT2D eigenvalue weighted by molar-refractivity contribution is 0.0424. The van der Waals surface area contributed by atoms with Crippen LogP contribution in [0.4, 0.5) is 4.79 Å². The van der Waals surface area contributed by atoms with Gasteiger partial charge in [-0.25, -0.2) is 4.79 Å². The van der Waals surface area contributed by atoms with Gasteiger partial charge in [0.25, 0.3) is 0 Å². The van der Waals surface area contributed by atoms with E-state index < -0.39 is 0 Å². The van der Waals surface area contributed by atoms with Crippen LogP contribution in [0.2, 0.25) is 0 Å². The van der Waals surface area contributed by atoms with Crippen LogP contribution in [-0.4, -0.2) is 30.3 Å². The summed E-state index contributed by atoms with van der Waals surface area (Å²) < 4.78 is 0. The highest BCUT2D eigenvalue weighted by Crippen LogP contribution is 2.23. The number of rotatable bonds is 10. The molecule has 4 nitrogen and oxygen atoms in total. The van der Waals surface area contributed by atoms with Crippen molar-refractivity contribution in [2.24, 2.45) is 11.8 Å². The van der Waals surface area contributed by atoms with Crippen LogP contribution in [-0.2, 0) is 0 Å². The summed E-state index contributed by atoms with van der Waals surface area (Å²) in [6.07, 6.45) is 4.97. The molecular formula is C15H32N2O2. The summed E-state index contributed by atoms with van der Waals surface area (Å²) in [5.74, 6) is 0.491. The van der Waals surface area contributed by atoms with E-state index in [0.29, 0.717) is 19.0 Å². The van der Waals surface area contributed by atoms with Gasteiger partial charge in [-0.2, -0.15) is 0 Å². The molecule has 0 radical (unpaired) electrons. The molecule has 2 amide bonds. The molecule has 0 aliphatic heterocycles. The topological polar surface area (TPSA) is 61.4 Å². The lowest BCUT2D eigenvalue weighted by Gasteiger charge is -2.29. The molecule has 0 rings (SSSR count). The minimum Gasteiger partial charge on any atom is -0.392 e. The van der Waals surface area contributed by atoms with E-state index in [9.17, 15) is 9.90 Å². The molecule has 3 unspecified atom stereocenters. The fourth-order valence-corrected chi connectivity index (χ4v) is 2.42. The number of urea groups is 1. The Morgan fingerprint density at radius 2 is 1.68 bits per heavy atom. The minimum atomic E-state index is -0.316. The Labute approximate surface area is 118 Å². The van der Waals surface area contributed by atoms with Crippen molar-refractivity contribution in [3.63, 3.8) is 0 Å². The average molecular weight is 272 g/mol. The molecule has 0 aromatic rings. The van der Waals surface area contributed by atoms with E-state index in [1.165, 1.54) is 0 Å². The third-order valence-corrected chi connectivity index (χ3v) is 3.81. The second kappa shape index (κ2) is 11.1. The van der Waals surface area contributed by atoms with Crippen LogP contribution in [0.15, 0.2) is 0 Å². The predicted molar refractivity (Wildman–Crippen MR) is 80.2 cm³/mol. The zero-order chi connectivity index (χ0) is 14.7. The number of carbonyl (C=O) groups excluding carboxylic acids is 1. The number of aliphatic hydroxyl groups is 1. The van der Waals surface area contributed by atoms with Crippen molar-refractivity contribution in [1.82, 2.24) is 10.6 Å². The van der Waals surface area contributed by atoms with Gasteiger partial charge in [-0.3, -0.25) is 0 Å². The predicted octanol–water partition coefficient (Wildman–Crippen LogP) is 2.91. The van der Waals surface area contributed by atoms with Crippen LogP contribution in [0.3, 0.4) is 0 Å². The maximum Gasteiger partial charge on any atom is 0.314 e. The number of hydrogen-bond donors (Lipinski definition) is 3. The van der Waals surface area contributed by atoms with Crippen molar-refractivity contribution >= 4 is 6.03 Å². The summed E-state index contributed by atoms with van der Waals surface area (Å²) >= 11 is 0. The van der Waals surface area contributed by atoms with Crippen LogP contribution >= 0.6 is 0 Å². The zero-order valence-corrected chi connectivity index (χ0v) is 13.0. The molecule has 0 saturated carbocycles. The van der Waals surface area contributed by atoms with Gasteiger partial charge in [-0.15, -0.1) is 0 Å². The van der Waals surface area contributed by atoms with Crippen molar-refractivity contribution in [3.05, 3.63) is 0 Å². The third kappa shape index (κ3) is 7.41. The summed E-state index contributed by atoms with van der Waals surface area (Å²) in [5, 5.41) is 16.0. The molecule has 0 aliphatic rings. The molecule has 0 bridgehead atoms. The van der Waals surface area contributed by atoms with Crippen molar-refractivity contribution in [2.75, 3.05) is 13.1 Å². The van der Waals surface area contributed by atoms with Gasteiger partial charge in [-0.1, -0.05) is 40.0 Å². The Kier molecular flexibility index (Phi) is 10.6. The van der Waals surface area contributed by atoms with Gasteiger partial charge < -0.3 is 15.7 Å². The molecular weight excluding hydrogens is 240 g/mol. The fourth-order valence-electron chi connectivity index (χ4n) is 2.42. The summed E-state index contributed by atoms with van der Waals surface area (Å²) in [5.41, 5.74) is 0. The summed E-state index contributed by atoms with van der Waals surface area (Å²) in [6, 6.07) is -0.144. The van der Waals surface area contributed by atoms with Crippen molar-refractivity contribution in [2.45, 2.75) is 65.9 Å². The van der Waals surface area contributed by atoms with Crippen molar-refractivity contribution in [3.8, 4) is 0 Å². The van der Waals surface area contributed by atoms with E-state index in [1.54, 1.807) is 0 Å². The number of amides is 2. The number of nitrogens with one attached hydrogen (secondary N) is 2. The normalized spacial score (nSPS) is 15.6. The maximum atomic E-state index is 11.4. The van der Waals surface area contributed by atoms with Gasteiger partial charge >= 0.3 is 6.03 Å². The van der Waals surface area contributed by atoms with E-state index in [1.807, 2.05) is 6.92 Å². The first kappa shape index (κ1) is 18.2. The lowest BCUT2D eigenvalue weighted by Crippen LogP contribution is -2.42. The molecule has 0 aromatic heterocycles. The molecule has 114 valence electrons. The Balaban J connectivity index is 4.27. The van der Waals surface area contributed by atoms with E-state index in [0.717, 1.165) is 32.1 Å². The molecule has 0 aromatic carbocycles. The Bertz CT molecular complexity index is 234. The standard InChI is InChI=1S/C15H32N2O2/c1-5-9-10-12(6-2)14(18)13(7-3)11-17-15(19)16-8-4/h12-14,18H,5-11H2,1-4H3,(H2,16,17,19). The number of unbranched alkanes of at least 4 members (excludes halogenated alkanes) is 1. The van der Waals surface area contributed by atoms with E-state index in [4.69, 9.17) is 0 Å².